The van der Waals surface area contributed by atoms with Crippen LogP contribution >= 0.6 is 93.1 Å². The summed E-state index contributed by atoms with van der Waals surface area (Å²) >= 11 is 15.8. The topological polar surface area (TPSA) is 152 Å². The van der Waals surface area contributed by atoms with Crippen LogP contribution in [0.4, 0.5) is 4.39 Å². The molecule has 0 unspecified atom stereocenters. The number of hydrogen-bond acceptors (Lipinski definition) is 14. The van der Waals surface area contributed by atoms with Gasteiger partial charge in [0.05, 0.1) is 61.9 Å². The zero-order chi connectivity index (χ0) is 42.6. The summed E-state index contributed by atoms with van der Waals surface area (Å²) in [5.41, 5.74) is 1.06. The number of fused-ring (bicyclic) bond motifs is 2. The standard InChI is InChI=1S/C18H19BrN2O4S2.C14H17NO4S.C4H3Br2NS.CH3F/c1-3-5-7-25-14-13(17(23)24-4-2)15-12(6-8-26-15)21(16(14)22)10-11-9-20-18(19)27-11;1-3-5-7-19-11-10(14(17)18-4-2)12-9(6-8-20-12)15-13(11)16;5-1-3-2-7-4(6)8-3;1-2/h6,8-9H,3-5,7,10H2,1-2H3;6,8H,3-5,7H2,1-2H3,(H,15,16);2H,1H2;1H3/i;;;1D. The Bertz CT molecular complexity index is 2330. The number of carbonyl (C=O) groups is 2. The van der Waals surface area contributed by atoms with Crippen molar-refractivity contribution in [2.45, 2.75) is 65.3 Å². The largest absolute Gasteiger partial charge is 0.487 e. The summed E-state index contributed by atoms with van der Waals surface area (Å²) in [5.74, 6) is -0.911. The van der Waals surface area contributed by atoms with Crippen molar-refractivity contribution in [2.75, 3.05) is 33.6 Å². The average molecular weight is 1060 g/mol. The van der Waals surface area contributed by atoms with E-state index in [0.29, 0.717) is 40.2 Å². The summed E-state index contributed by atoms with van der Waals surface area (Å²) in [4.78, 5) is 63.1. The van der Waals surface area contributed by atoms with Gasteiger partial charge in [0, 0.05) is 27.5 Å². The summed E-state index contributed by atoms with van der Waals surface area (Å²) < 4.78 is 41.8. The lowest BCUT2D eigenvalue weighted by Gasteiger charge is -2.15. The van der Waals surface area contributed by atoms with Gasteiger partial charge in [0.1, 0.15) is 11.1 Å². The third-order valence-corrected chi connectivity index (χ3v) is 13.1. The zero-order valence-corrected chi connectivity index (χ0v) is 39.5. The van der Waals surface area contributed by atoms with Crippen LogP contribution in [-0.4, -0.2) is 65.0 Å². The Kier molecular flexibility index (Phi) is 20.9. The Balaban J connectivity index is 0.000000253. The second-order valence-electron chi connectivity index (χ2n) is 11.2. The normalized spacial score (nSPS) is 10.7. The number of pyridine rings is 2. The number of H-pyrrole nitrogens is 1. The SMILES string of the molecule is BrCc1cnc(Br)s1.CCCCOc1c(C(=O)OCC)c2sccc2[nH]c1=O.CCCCOc1c(C(=O)OCC)c2sccc2n(Cc2cnc(Br)s2)c1=O.[2H]CF. The highest BCUT2D eigenvalue weighted by molar-refractivity contribution is 9.11. The molecule has 0 aliphatic rings. The Labute approximate surface area is 371 Å². The van der Waals surface area contributed by atoms with Crippen LogP contribution in [0.5, 0.6) is 11.5 Å². The molecule has 0 bridgehead atoms. The molecule has 6 heterocycles. The number of carbonyl (C=O) groups excluding carboxylic acids is 2. The number of hydrogen-bond donors (Lipinski definition) is 1. The summed E-state index contributed by atoms with van der Waals surface area (Å²) in [6.45, 7) is 9.18. The molecule has 0 radical (unpaired) electrons. The molecule has 0 amide bonds. The third kappa shape index (κ3) is 13.5. The molecule has 12 nitrogen and oxygen atoms in total. The van der Waals surface area contributed by atoms with Crippen molar-refractivity contribution in [1.29, 1.82) is 0 Å². The number of rotatable bonds is 15. The molecule has 0 saturated carbocycles. The Morgan fingerprint density at radius 1 is 0.842 bits per heavy atom. The summed E-state index contributed by atoms with van der Waals surface area (Å²) in [5, 5.41) is 4.58. The maximum Gasteiger partial charge on any atom is 0.343 e. The number of aromatic amines is 1. The summed E-state index contributed by atoms with van der Waals surface area (Å²) in [6, 6.07) is 3.61. The number of thiophene rings is 2. The molecule has 0 spiro atoms. The van der Waals surface area contributed by atoms with E-state index in [1.165, 1.54) is 38.9 Å². The maximum atomic E-state index is 13.2. The van der Waals surface area contributed by atoms with Gasteiger partial charge in [-0.3, -0.25) is 18.5 Å². The van der Waals surface area contributed by atoms with Gasteiger partial charge in [-0.25, -0.2) is 19.6 Å². The number of thiazole rings is 2. The second kappa shape index (κ2) is 25.5. The number of halogens is 4. The molecule has 6 aromatic heterocycles. The molecule has 6 aromatic rings. The van der Waals surface area contributed by atoms with E-state index in [0.717, 1.165) is 43.7 Å². The van der Waals surface area contributed by atoms with Gasteiger partial charge < -0.3 is 23.9 Å². The van der Waals surface area contributed by atoms with Gasteiger partial charge in [-0.1, -0.05) is 42.6 Å². The smallest absolute Gasteiger partial charge is 0.343 e. The zero-order valence-electron chi connectivity index (χ0n) is 32.5. The minimum absolute atomic E-state index is 0.0619. The fourth-order valence-corrected chi connectivity index (χ4v) is 9.69. The van der Waals surface area contributed by atoms with E-state index >= 15 is 0 Å². The van der Waals surface area contributed by atoms with Gasteiger partial charge in [-0.2, -0.15) is 0 Å². The molecule has 0 aromatic carbocycles. The summed E-state index contributed by atoms with van der Waals surface area (Å²) in [6.07, 6.45) is 7.09. The van der Waals surface area contributed by atoms with Crippen LogP contribution in [0.2, 0.25) is 0 Å². The minimum Gasteiger partial charge on any atom is -0.487 e. The van der Waals surface area contributed by atoms with Gasteiger partial charge in [-0.15, -0.1) is 45.3 Å². The van der Waals surface area contributed by atoms with Crippen molar-refractivity contribution in [3.05, 3.63) is 84.7 Å². The highest BCUT2D eigenvalue weighted by atomic mass is 79.9. The first-order chi connectivity index (χ1) is 28.0. The van der Waals surface area contributed by atoms with E-state index < -0.39 is 24.7 Å². The van der Waals surface area contributed by atoms with Crippen LogP contribution in [0.3, 0.4) is 0 Å². The lowest BCUT2D eigenvalue weighted by molar-refractivity contribution is 0.0513. The first-order valence-corrected chi connectivity index (χ1v) is 23.6. The predicted octanol–water partition coefficient (Wildman–Crippen LogP) is 11.0. The molecule has 0 aliphatic heterocycles. The molecular formula is C37H42Br3FN4O8S4. The number of ether oxygens (including phenoxy) is 4. The van der Waals surface area contributed by atoms with E-state index in [1.54, 1.807) is 42.0 Å². The van der Waals surface area contributed by atoms with Crippen LogP contribution in [0.1, 0.15) is 85.2 Å². The van der Waals surface area contributed by atoms with Crippen molar-refractivity contribution in [3.63, 3.8) is 0 Å². The molecule has 310 valence electrons. The Morgan fingerprint density at radius 2 is 1.37 bits per heavy atom. The van der Waals surface area contributed by atoms with Crippen LogP contribution < -0.4 is 20.6 Å². The number of nitrogens with zero attached hydrogens (tertiary/aromatic N) is 3. The predicted molar refractivity (Wildman–Crippen MR) is 240 cm³/mol. The number of aromatic nitrogens is 4. The first kappa shape index (κ1) is 46.7. The Morgan fingerprint density at radius 3 is 1.88 bits per heavy atom. The summed E-state index contributed by atoms with van der Waals surface area (Å²) in [7, 11) is -1.00. The fourth-order valence-electron chi connectivity index (χ4n) is 4.84. The van der Waals surface area contributed by atoms with Crippen molar-refractivity contribution >= 4 is 126 Å². The van der Waals surface area contributed by atoms with Gasteiger partial charge in [0.2, 0.25) is 11.5 Å². The number of unbranched alkanes of at least 4 members (excludes halogenated alkanes) is 2. The van der Waals surface area contributed by atoms with Gasteiger partial charge in [0.25, 0.3) is 11.1 Å². The van der Waals surface area contributed by atoms with E-state index in [2.05, 4.69) is 62.7 Å². The van der Waals surface area contributed by atoms with Crippen LogP contribution in [0.25, 0.3) is 20.4 Å². The monoisotopic (exact) mass is 1050 g/mol. The van der Waals surface area contributed by atoms with Crippen LogP contribution in [-0.2, 0) is 21.3 Å². The van der Waals surface area contributed by atoms with Crippen molar-refractivity contribution in [2.24, 2.45) is 0 Å². The van der Waals surface area contributed by atoms with Gasteiger partial charge in [0.15, 0.2) is 7.83 Å². The van der Waals surface area contributed by atoms with Crippen molar-refractivity contribution in [1.82, 2.24) is 19.5 Å². The lowest BCUT2D eigenvalue weighted by atomic mass is 10.2. The van der Waals surface area contributed by atoms with Crippen LogP contribution in [0, 0.1) is 0 Å². The fraction of sp³-hybridized carbons (Fsp3) is 0.405. The Hall–Kier alpha value is -3.01. The molecule has 0 saturated heterocycles. The molecule has 0 atom stereocenters. The average Bonchev–Trinajstić information content (AvgIpc) is 4.03. The van der Waals surface area contributed by atoms with Gasteiger partial charge >= 0.3 is 11.9 Å². The van der Waals surface area contributed by atoms with Crippen molar-refractivity contribution in [3.8, 4) is 11.5 Å². The van der Waals surface area contributed by atoms with Gasteiger partial charge in [-0.05, 0) is 81.4 Å². The second-order valence-corrected chi connectivity index (χ2v) is 18.4. The lowest BCUT2D eigenvalue weighted by Crippen LogP contribution is -2.26. The quantitative estimate of drug-likeness (QED) is 0.0598. The molecule has 0 fully saturated rings. The third-order valence-electron chi connectivity index (χ3n) is 7.35. The number of nitrogens with one attached hydrogen (secondary N) is 1. The molecule has 57 heavy (non-hydrogen) atoms. The maximum absolute atomic E-state index is 13.2. The van der Waals surface area contributed by atoms with E-state index in [9.17, 15) is 23.6 Å². The molecule has 1 N–H and O–H groups in total. The number of alkyl halides is 2. The van der Waals surface area contributed by atoms with E-state index in [4.69, 9.17) is 20.3 Å². The van der Waals surface area contributed by atoms with Crippen LogP contribution in [0.15, 0.2) is 52.7 Å². The minimum atomic E-state index is -1.00. The van der Waals surface area contributed by atoms with Crippen molar-refractivity contribution < 1.29 is 34.3 Å². The molecule has 0 aliphatic carbocycles. The molecular weight excluding hydrogens is 1020 g/mol. The highest BCUT2D eigenvalue weighted by Gasteiger charge is 2.26. The number of esters is 2. The van der Waals surface area contributed by atoms with E-state index in [1.807, 2.05) is 36.9 Å². The first-order valence-electron chi connectivity index (χ1n) is 18.2. The highest BCUT2D eigenvalue weighted by Crippen LogP contribution is 2.32. The molecule has 6 rings (SSSR count). The molecule has 20 heteroatoms. The van der Waals surface area contributed by atoms with E-state index in [-0.39, 0.29) is 41.4 Å².